The molecule has 0 saturated carbocycles. The van der Waals surface area contributed by atoms with E-state index in [-0.39, 0.29) is 44.1 Å². The minimum Gasteiger partial charge on any atom is -0.674 e. The van der Waals surface area contributed by atoms with Gasteiger partial charge in [0.25, 0.3) is 0 Å². The zero-order chi connectivity index (χ0) is 5.82. The van der Waals surface area contributed by atoms with Crippen molar-refractivity contribution >= 4 is 0 Å². The van der Waals surface area contributed by atoms with Crippen LogP contribution in [0, 0.1) is 44.1 Å². The van der Waals surface area contributed by atoms with Crippen molar-refractivity contribution in [2.24, 2.45) is 0 Å². The number of benzene rings is 1. The molecule has 0 fully saturated rings. The van der Waals surface area contributed by atoms with Gasteiger partial charge in [0.15, 0.2) is 0 Å². The Kier molecular flexibility index (Phi) is 5.78. The minimum absolute atomic E-state index is 0. The van der Waals surface area contributed by atoms with Gasteiger partial charge in [0.05, 0.1) is 0 Å². The van der Waals surface area contributed by atoms with E-state index in [1.807, 2.05) is 30.3 Å². The van der Waals surface area contributed by atoms with Crippen molar-refractivity contribution in [2.45, 2.75) is 6.54 Å². The molecule has 0 aliphatic carbocycles. The molecule has 2 heteroatoms. The van der Waals surface area contributed by atoms with Crippen LogP contribution in [-0.2, 0) is 6.54 Å². The fourth-order valence-electron chi connectivity index (χ4n) is 0.596. The van der Waals surface area contributed by atoms with Crippen LogP contribution in [0.2, 0.25) is 0 Å². The van der Waals surface area contributed by atoms with E-state index in [0.29, 0.717) is 6.54 Å². The van der Waals surface area contributed by atoms with Gasteiger partial charge in [-0.15, -0.1) is 6.54 Å². The van der Waals surface area contributed by atoms with E-state index in [4.69, 9.17) is 5.73 Å². The van der Waals surface area contributed by atoms with Crippen LogP contribution >= 0.6 is 0 Å². The third-order valence-electron chi connectivity index (χ3n) is 1.05. The smallest absolute Gasteiger partial charge is 0 e. The van der Waals surface area contributed by atoms with Gasteiger partial charge in [0, 0.05) is 44.1 Å². The van der Waals surface area contributed by atoms with E-state index in [0.717, 1.165) is 5.56 Å². The largest absolute Gasteiger partial charge is 0.674 e. The molecular weight excluding hydrogens is 325 g/mol. The Morgan fingerprint density at radius 2 is 1.67 bits per heavy atom. The van der Waals surface area contributed by atoms with Gasteiger partial charge in [-0.25, -0.2) is 0 Å². The Bertz CT molecular complexity index is 150. The van der Waals surface area contributed by atoms with Gasteiger partial charge in [0.1, 0.15) is 0 Å². The molecule has 0 aliphatic rings. The summed E-state index contributed by atoms with van der Waals surface area (Å²) in [6.45, 7) is 0.390. The molecule has 0 amide bonds. The molecule has 1 N–H and O–H groups in total. The quantitative estimate of drug-likeness (QED) is 0.753. The maximum Gasteiger partial charge on any atom is 0 e. The molecule has 1 aromatic rings. The summed E-state index contributed by atoms with van der Waals surface area (Å²) in [6, 6.07) is 9.76. The zero-order valence-electron chi connectivity index (χ0n) is 5.17. The zero-order valence-corrected chi connectivity index (χ0v) is 9.92. The summed E-state index contributed by atoms with van der Waals surface area (Å²) >= 11 is 0. The van der Waals surface area contributed by atoms with Crippen LogP contribution < -0.4 is 0 Å². The van der Waals surface area contributed by atoms with Gasteiger partial charge in [-0.2, -0.15) is 0 Å². The summed E-state index contributed by atoms with van der Waals surface area (Å²) in [6.07, 6.45) is 0. The predicted molar refractivity (Wildman–Crippen MR) is 34.5 cm³/mol. The molecule has 9 heavy (non-hydrogen) atoms. The van der Waals surface area contributed by atoms with E-state index in [1.54, 1.807) is 0 Å². The molecule has 0 saturated heterocycles. The SMILES string of the molecule is [Ac].[NH-]Cc1ccccc1. The molecule has 1 aromatic carbocycles. The second-order valence-electron chi connectivity index (χ2n) is 1.66. The third kappa shape index (κ3) is 3.35. The minimum atomic E-state index is 0. The van der Waals surface area contributed by atoms with Gasteiger partial charge in [0.2, 0.25) is 0 Å². The van der Waals surface area contributed by atoms with Gasteiger partial charge in [-0.1, -0.05) is 35.9 Å². The summed E-state index contributed by atoms with van der Waals surface area (Å²) in [5, 5.41) is 0. The maximum absolute atomic E-state index is 6.94. The average Bonchev–Trinajstić information content (AvgIpc) is 1.90. The molecule has 0 bridgehead atoms. The number of hydrogen-bond acceptors (Lipinski definition) is 0. The van der Waals surface area contributed by atoms with E-state index in [1.165, 1.54) is 0 Å². The molecule has 0 aliphatic heterocycles. The monoisotopic (exact) mass is 333 g/mol. The summed E-state index contributed by atoms with van der Waals surface area (Å²) in [5.41, 5.74) is 8.02. The molecule has 0 aromatic heterocycles. The Labute approximate surface area is 91.2 Å². The molecule has 1 rings (SSSR count). The predicted octanol–water partition coefficient (Wildman–Crippen LogP) is 2.24. The van der Waals surface area contributed by atoms with Crippen molar-refractivity contribution in [1.29, 1.82) is 0 Å². The standard InChI is InChI=1S/C7H8N.Ac/c8-6-7-4-2-1-3-5-7;/h1-5,8H,6H2;/q-1;. The molecule has 0 atom stereocenters. The van der Waals surface area contributed by atoms with E-state index >= 15 is 0 Å². The van der Waals surface area contributed by atoms with Crippen LogP contribution in [0.5, 0.6) is 0 Å². The van der Waals surface area contributed by atoms with Crippen molar-refractivity contribution in [3.63, 3.8) is 0 Å². The Balaban J connectivity index is 0.000000640. The Hall–Kier alpha value is 0.622. The van der Waals surface area contributed by atoms with E-state index in [9.17, 15) is 0 Å². The normalized spacial score (nSPS) is 8.11. The van der Waals surface area contributed by atoms with Crippen LogP contribution in [0.4, 0.5) is 0 Å². The fourth-order valence-corrected chi connectivity index (χ4v) is 0.596. The Morgan fingerprint density at radius 1 is 1.11 bits per heavy atom. The van der Waals surface area contributed by atoms with Gasteiger partial charge < -0.3 is 5.73 Å². The van der Waals surface area contributed by atoms with Crippen molar-refractivity contribution in [1.82, 2.24) is 0 Å². The molecular formula is C7H8AcN-. The van der Waals surface area contributed by atoms with E-state index < -0.39 is 0 Å². The van der Waals surface area contributed by atoms with Crippen molar-refractivity contribution in [2.75, 3.05) is 0 Å². The molecule has 1 nitrogen and oxygen atoms in total. The summed E-state index contributed by atoms with van der Waals surface area (Å²) in [5.74, 6) is 0. The summed E-state index contributed by atoms with van der Waals surface area (Å²) in [7, 11) is 0. The molecule has 45 valence electrons. The van der Waals surface area contributed by atoms with Crippen molar-refractivity contribution in [3.8, 4) is 0 Å². The topological polar surface area (TPSA) is 23.8 Å². The molecule has 0 heterocycles. The number of hydrogen-bond donors (Lipinski definition) is 0. The number of rotatable bonds is 1. The van der Waals surface area contributed by atoms with Crippen LogP contribution in [-0.4, -0.2) is 0 Å². The number of nitrogens with one attached hydrogen (secondary N) is 1. The Morgan fingerprint density at radius 3 is 2.00 bits per heavy atom. The van der Waals surface area contributed by atoms with Gasteiger partial charge in [-0.05, 0) is 0 Å². The second-order valence-corrected chi connectivity index (χ2v) is 1.66. The van der Waals surface area contributed by atoms with Crippen LogP contribution in [0.25, 0.3) is 5.73 Å². The maximum atomic E-state index is 6.94. The molecule has 1 radical (unpaired) electrons. The van der Waals surface area contributed by atoms with Crippen LogP contribution in [0.15, 0.2) is 30.3 Å². The third-order valence-corrected chi connectivity index (χ3v) is 1.05. The first-order valence-electron chi connectivity index (χ1n) is 2.62. The first-order chi connectivity index (χ1) is 3.93. The fraction of sp³-hybridized carbons (Fsp3) is 0.143. The first-order valence-corrected chi connectivity index (χ1v) is 2.62. The van der Waals surface area contributed by atoms with Crippen molar-refractivity contribution in [3.05, 3.63) is 41.6 Å². The molecule has 0 spiro atoms. The summed E-state index contributed by atoms with van der Waals surface area (Å²) in [4.78, 5) is 0. The average molecular weight is 333 g/mol. The second kappa shape index (κ2) is 5.41. The van der Waals surface area contributed by atoms with E-state index in [2.05, 4.69) is 0 Å². The van der Waals surface area contributed by atoms with Gasteiger partial charge in [-0.3, -0.25) is 0 Å². The molecule has 0 unspecified atom stereocenters. The van der Waals surface area contributed by atoms with Gasteiger partial charge >= 0.3 is 0 Å². The van der Waals surface area contributed by atoms with Crippen LogP contribution in [0.1, 0.15) is 5.56 Å². The van der Waals surface area contributed by atoms with Crippen LogP contribution in [0.3, 0.4) is 0 Å². The summed E-state index contributed by atoms with van der Waals surface area (Å²) < 4.78 is 0. The van der Waals surface area contributed by atoms with Crippen molar-refractivity contribution < 1.29 is 44.1 Å². The first kappa shape index (κ1) is 9.62.